The number of thiazole rings is 1. The topological polar surface area (TPSA) is 116 Å². The molecule has 1 aliphatic heterocycles. The third-order valence-corrected chi connectivity index (χ3v) is 6.15. The first kappa shape index (κ1) is 25.6. The largest absolute Gasteiger partial charge is 0.481 e. The fourth-order valence-corrected chi connectivity index (χ4v) is 4.38. The fraction of sp³-hybridized carbons (Fsp3) is 0.455. The smallest absolute Gasteiger partial charge is 0.303 e. The summed E-state index contributed by atoms with van der Waals surface area (Å²) in [6, 6.07) is 9.74. The van der Waals surface area contributed by atoms with Crippen LogP contribution in [-0.2, 0) is 4.79 Å². The SMILES string of the molecule is Cc1nc(NC2=NCCCN2)sc1C(=O)NCCCCC(CC(=O)O)c1ccccc1.Cl. The molecule has 2 heterocycles. The van der Waals surface area contributed by atoms with Crippen LogP contribution in [-0.4, -0.2) is 47.6 Å². The van der Waals surface area contributed by atoms with E-state index in [1.165, 1.54) is 11.3 Å². The predicted molar refractivity (Wildman–Crippen MR) is 130 cm³/mol. The van der Waals surface area contributed by atoms with Crippen LogP contribution in [0.4, 0.5) is 5.13 Å². The molecule has 0 saturated carbocycles. The van der Waals surface area contributed by atoms with E-state index in [1.807, 2.05) is 37.3 Å². The molecule has 8 nitrogen and oxygen atoms in total. The molecule has 0 bridgehead atoms. The molecule has 0 spiro atoms. The Kier molecular flexibility index (Phi) is 10.4. The Labute approximate surface area is 198 Å². The minimum absolute atomic E-state index is 0. The Bertz CT molecular complexity index is 920. The number of carboxylic acids is 1. The summed E-state index contributed by atoms with van der Waals surface area (Å²) in [7, 11) is 0. The van der Waals surface area contributed by atoms with E-state index in [9.17, 15) is 14.7 Å². The Morgan fingerprint density at radius 1 is 1.25 bits per heavy atom. The van der Waals surface area contributed by atoms with Crippen LogP contribution in [0, 0.1) is 6.92 Å². The van der Waals surface area contributed by atoms with Crippen molar-refractivity contribution in [3.05, 3.63) is 46.5 Å². The molecule has 0 saturated heterocycles. The van der Waals surface area contributed by atoms with Crippen molar-refractivity contribution < 1.29 is 14.7 Å². The number of guanidine groups is 1. The number of aliphatic carboxylic acids is 1. The van der Waals surface area contributed by atoms with Gasteiger partial charge in [-0.25, -0.2) is 4.98 Å². The van der Waals surface area contributed by atoms with Crippen LogP contribution in [0.2, 0.25) is 0 Å². The molecule has 1 aliphatic rings. The van der Waals surface area contributed by atoms with Gasteiger partial charge in [-0.1, -0.05) is 48.1 Å². The van der Waals surface area contributed by atoms with Crippen molar-refractivity contribution in [3.63, 3.8) is 0 Å². The van der Waals surface area contributed by atoms with Crippen LogP contribution < -0.4 is 16.0 Å². The maximum Gasteiger partial charge on any atom is 0.303 e. The van der Waals surface area contributed by atoms with Crippen LogP contribution in [0.1, 0.15) is 59.0 Å². The van der Waals surface area contributed by atoms with Gasteiger partial charge in [0.1, 0.15) is 4.88 Å². The molecular weight excluding hydrogens is 450 g/mol. The normalized spacial score (nSPS) is 13.8. The lowest BCUT2D eigenvalue weighted by atomic mass is 9.90. The number of aliphatic imine (C=N–C) groups is 1. The Hall–Kier alpha value is -2.65. The Morgan fingerprint density at radius 2 is 2.03 bits per heavy atom. The van der Waals surface area contributed by atoms with Crippen LogP contribution >= 0.6 is 23.7 Å². The minimum Gasteiger partial charge on any atom is -0.481 e. The average molecular weight is 480 g/mol. The number of aromatic nitrogens is 1. The number of carbonyl (C=O) groups excluding carboxylic acids is 1. The highest BCUT2D eigenvalue weighted by molar-refractivity contribution is 7.17. The molecule has 174 valence electrons. The number of halogens is 1. The van der Waals surface area contributed by atoms with E-state index in [2.05, 4.69) is 25.9 Å². The lowest BCUT2D eigenvalue weighted by molar-refractivity contribution is -0.137. The molecule has 0 radical (unpaired) electrons. The van der Waals surface area contributed by atoms with Gasteiger partial charge in [0.05, 0.1) is 12.1 Å². The van der Waals surface area contributed by atoms with Crippen molar-refractivity contribution in [1.82, 2.24) is 15.6 Å². The molecule has 1 aromatic carbocycles. The first-order chi connectivity index (χ1) is 15.0. The van der Waals surface area contributed by atoms with Gasteiger partial charge in [-0.3, -0.25) is 14.6 Å². The molecular formula is C22H30ClN5O3S. The van der Waals surface area contributed by atoms with E-state index in [-0.39, 0.29) is 30.7 Å². The van der Waals surface area contributed by atoms with E-state index >= 15 is 0 Å². The molecule has 1 atom stereocenters. The van der Waals surface area contributed by atoms with Crippen molar-refractivity contribution in [1.29, 1.82) is 0 Å². The van der Waals surface area contributed by atoms with E-state index in [1.54, 1.807) is 0 Å². The van der Waals surface area contributed by atoms with Crippen molar-refractivity contribution in [2.75, 3.05) is 25.0 Å². The molecule has 1 aromatic heterocycles. The number of unbranched alkanes of at least 4 members (excludes halogenated alkanes) is 1. The second-order valence-electron chi connectivity index (χ2n) is 7.53. The highest BCUT2D eigenvalue weighted by Crippen LogP contribution is 2.26. The van der Waals surface area contributed by atoms with Gasteiger partial charge in [0.15, 0.2) is 11.1 Å². The van der Waals surface area contributed by atoms with E-state index in [0.717, 1.165) is 44.3 Å². The number of carbonyl (C=O) groups is 2. The molecule has 0 aliphatic carbocycles. The van der Waals surface area contributed by atoms with Gasteiger partial charge in [0.2, 0.25) is 0 Å². The zero-order valence-electron chi connectivity index (χ0n) is 18.1. The van der Waals surface area contributed by atoms with E-state index in [0.29, 0.717) is 28.2 Å². The van der Waals surface area contributed by atoms with Crippen LogP contribution in [0.3, 0.4) is 0 Å². The average Bonchev–Trinajstić information content (AvgIpc) is 3.13. The number of aryl methyl sites for hydroxylation is 1. The van der Waals surface area contributed by atoms with Gasteiger partial charge in [-0.05, 0) is 37.7 Å². The quantitative estimate of drug-likeness (QED) is 0.385. The maximum absolute atomic E-state index is 12.5. The second kappa shape index (κ2) is 13.0. The summed E-state index contributed by atoms with van der Waals surface area (Å²) in [6.07, 6.45) is 3.53. The van der Waals surface area contributed by atoms with Crippen molar-refractivity contribution in [3.8, 4) is 0 Å². The summed E-state index contributed by atoms with van der Waals surface area (Å²) in [5.74, 6) is -0.238. The van der Waals surface area contributed by atoms with Crippen LogP contribution in [0.25, 0.3) is 0 Å². The summed E-state index contributed by atoms with van der Waals surface area (Å²) in [4.78, 5) is 33.1. The number of anilines is 1. The fourth-order valence-electron chi connectivity index (χ4n) is 3.50. The molecule has 32 heavy (non-hydrogen) atoms. The van der Waals surface area contributed by atoms with Crippen LogP contribution in [0.5, 0.6) is 0 Å². The van der Waals surface area contributed by atoms with Gasteiger partial charge >= 0.3 is 5.97 Å². The van der Waals surface area contributed by atoms with Gasteiger partial charge in [-0.2, -0.15) is 0 Å². The third kappa shape index (κ3) is 7.80. The summed E-state index contributed by atoms with van der Waals surface area (Å²) in [5.41, 5.74) is 1.73. The maximum atomic E-state index is 12.5. The zero-order chi connectivity index (χ0) is 22.1. The molecule has 1 amide bonds. The number of nitrogens with one attached hydrogen (secondary N) is 3. The highest BCUT2D eigenvalue weighted by atomic mass is 35.5. The van der Waals surface area contributed by atoms with Crippen LogP contribution in [0.15, 0.2) is 35.3 Å². The first-order valence-electron chi connectivity index (χ1n) is 10.6. The van der Waals surface area contributed by atoms with E-state index < -0.39 is 5.97 Å². The Balaban J connectivity index is 0.00000363. The van der Waals surface area contributed by atoms with Gasteiger partial charge in [0.25, 0.3) is 5.91 Å². The number of nitrogens with zero attached hydrogens (tertiary/aromatic N) is 2. The van der Waals surface area contributed by atoms with Gasteiger partial charge in [0, 0.05) is 19.6 Å². The minimum atomic E-state index is -0.790. The first-order valence-corrected chi connectivity index (χ1v) is 11.4. The number of hydrogen-bond acceptors (Lipinski definition) is 7. The summed E-state index contributed by atoms with van der Waals surface area (Å²) < 4.78 is 0. The second-order valence-corrected chi connectivity index (χ2v) is 8.53. The molecule has 3 rings (SSSR count). The Morgan fingerprint density at radius 3 is 2.72 bits per heavy atom. The summed E-state index contributed by atoms with van der Waals surface area (Å²) >= 11 is 1.31. The van der Waals surface area contributed by atoms with Crippen molar-refractivity contribution >= 4 is 46.7 Å². The number of benzene rings is 1. The summed E-state index contributed by atoms with van der Waals surface area (Å²) in [6.45, 7) is 4.02. The molecule has 10 heteroatoms. The third-order valence-electron chi connectivity index (χ3n) is 5.08. The number of amides is 1. The lowest BCUT2D eigenvalue weighted by Gasteiger charge is -2.15. The van der Waals surface area contributed by atoms with Crippen molar-refractivity contribution in [2.45, 2.75) is 44.9 Å². The molecule has 4 N–H and O–H groups in total. The van der Waals surface area contributed by atoms with Crippen molar-refractivity contribution in [2.24, 2.45) is 4.99 Å². The summed E-state index contributed by atoms with van der Waals surface area (Å²) in [5, 5.41) is 19.1. The lowest BCUT2D eigenvalue weighted by Crippen LogP contribution is -2.35. The molecule has 2 aromatic rings. The molecule has 0 fully saturated rings. The van der Waals surface area contributed by atoms with Gasteiger partial charge < -0.3 is 21.1 Å². The highest BCUT2D eigenvalue weighted by Gasteiger charge is 2.17. The van der Waals surface area contributed by atoms with E-state index in [4.69, 9.17) is 0 Å². The number of rotatable bonds is 10. The zero-order valence-corrected chi connectivity index (χ0v) is 19.7. The molecule has 1 unspecified atom stereocenters. The monoisotopic (exact) mass is 479 g/mol. The standard InChI is InChI=1S/C22H29N5O3S.ClH/c1-15-19(31-22(26-15)27-21-24-12-7-13-25-21)20(30)23-11-6-5-10-17(14-18(28)29)16-8-3-2-4-9-16;/h2-4,8-9,17H,5-7,10-14H2,1H3,(H,23,30)(H,28,29)(H2,24,25,26,27);1H. The van der Waals surface area contributed by atoms with Gasteiger partial charge in [-0.15, -0.1) is 12.4 Å². The number of hydrogen-bond donors (Lipinski definition) is 4. The number of carboxylic acid groups (broad SMARTS) is 1. The predicted octanol–water partition coefficient (Wildman–Crippen LogP) is 3.79.